The molecule has 0 amide bonds. The number of pyridine rings is 1. The first-order chi connectivity index (χ1) is 8.00. The molecule has 0 unspecified atom stereocenters. The van der Waals surface area contributed by atoms with Crippen molar-refractivity contribution < 1.29 is 14.8 Å². The summed E-state index contributed by atoms with van der Waals surface area (Å²) in [6.07, 6.45) is 0. The van der Waals surface area contributed by atoms with Gasteiger partial charge in [0.05, 0.1) is 10.3 Å². The highest BCUT2D eigenvalue weighted by atomic mass is 16.6. The standard InChI is InChI=1S/C11H8N2O4/c1-6-5-8-7(10(12-6)11(14)15)3-2-4-9(8)13(16)17/h2-5H,1H3,(H,14,15). The Morgan fingerprint density at radius 3 is 2.71 bits per heavy atom. The van der Waals surface area contributed by atoms with Crippen molar-refractivity contribution >= 4 is 22.4 Å². The van der Waals surface area contributed by atoms with Crippen LogP contribution in [0.25, 0.3) is 10.8 Å². The van der Waals surface area contributed by atoms with Gasteiger partial charge in [-0.05, 0) is 13.0 Å². The Bertz CT molecular complexity index is 637. The lowest BCUT2D eigenvalue weighted by molar-refractivity contribution is -0.383. The summed E-state index contributed by atoms with van der Waals surface area (Å²) in [7, 11) is 0. The SMILES string of the molecule is Cc1cc2c([N+](=O)[O-])cccc2c(C(=O)O)n1. The van der Waals surface area contributed by atoms with Crippen LogP contribution in [0.2, 0.25) is 0 Å². The van der Waals surface area contributed by atoms with Gasteiger partial charge in [-0.3, -0.25) is 10.1 Å². The predicted molar refractivity (Wildman–Crippen MR) is 60.1 cm³/mol. The van der Waals surface area contributed by atoms with Crippen LogP contribution in [0.15, 0.2) is 24.3 Å². The summed E-state index contributed by atoms with van der Waals surface area (Å²) >= 11 is 0. The van der Waals surface area contributed by atoms with Crippen LogP contribution in [0.1, 0.15) is 16.2 Å². The molecule has 6 heteroatoms. The highest BCUT2D eigenvalue weighted by Gasteiger charge is 2.17. The summed E-state index contributed by atoms with van der Waals surface area (Å²) < 4.78 is 0. The number of rotatable bonds is 2. The maximum Gasteiger partial charge on any atom is 0.355 e. The van der Waals surface area contributed by atoms with E-state index in [1.54, 1.807) is 6.92 Å². The van der Waals surface area contributed by atoms with E-state index < -0.39 is 10.9 Å². The van der Waals surface area contributed by atoms with Gasteiger partial charge in [0.2, 0.25) is 0 Å². The van der Waals surface area contributed by atoms with E-state index in [0.717, 1.165) is 0 Å². The number of aromatic nitrogens is 1. The van der Waals surface area contributed by atoms with Crippen molar-refractivity contribution in [3.63, 3.8) is 0 Å². The Kier molecular flexibility index (Phi) is 2.47. The number of hydrogen-bond acceptors (Lipinski definition) is 4. The lowest BCUT2D eigenvalue weighted by atomic mass is 10.1. The molecule has 86 valence electrons. The van der Waals surface area contributed by atoms with Crippen LogP contribution in [-0.4, -0.2) is 21.0 Å². The second-order valence-electron chi connectivity index (χ2n) is 3.55. The molecule has 1 aromatic heterocycles. The molecule has 0 fully saturated rings. The number of aryl methyl sites for hydroxylation is 1. The summed E-state index contributed by atoms with van der Waals surface area (Å²) in [5, 5.41) is 20.4. The third-order valence-corrected chi connectivity index (χ3v) is 2.38. The van der Waals surface area contributed by atoms with E-state index in [4.69, 9.17) is 5.11 Å². The van der Waals surface area contributed by atoms with Crippen LogP contribution in [0, 0.1) is 17.0 Å². The van der Waals surface area contributed by atoms with Gasteiger partial charge in [-0.1, -0.05) is 12.1 Å². The zero-order valence-corrected chi connectivity index (χ0v) is 8.88. The molecule has 0 aliphatic rings. The quantitative estimate of drug-likeness (QED) is 0.632. The Morgan fingerprint density at radius 2 is 2.12 bits per heavy atom. The van der Waals surface area contributed by atoms with Crippen LogP contribution >= 0.6 is 0 Å². The number of hydrogen-bond donors (Lipinski definition) is 1. The number of carbonyl (C=O) groups is 1. The Hall–Kier alpha value is -2.50. The first kappa shape index (κ1) is 11.0. The maximum atomic E-state index is 11.0. The van der Waals surface area contributed by atoms with Crippen LogP contribution < -0.4 is 0 Å². The van der Waals surface area contributed by atoms with Crippen molar-refractivity contribution in [2.75, 3.05) is 0 Å². The molecule has 0 spiro atoms. The number of fused-ring (bicyclic) bond motifs is 1. The minimum atomic E-state index is -1.20. The third kappa shape index (κ3) is 1.80. The molecule has 1 heterocycles. The normalized spacial score (nSPS) is 10.4. The van der Waals surface area contributed by atoms with Crippen LogP contribution in [0.4, 0.5) is 5.69 Å². The molecular weight excluding hydrogens is 224 g/mol. The van der Waals surface area contributed by atoms with Gasteiger partial charge in [-0.15, -0.1) is 0 Å². The summed E-state index contributed by atoms with van der Waals surface area (Å²) in [5.41, 5.74) is 0.156. The molecular formula is C11H8N2O4. The van der Waals surface area contributed by atoms with Crippen LogP contribution in [0.3, 0.4) is 0 Å². The fourth-order valence-corrected chi connectivity index (χ4v) is 1.71. The number of aromatic carboxylic acids is 1. The Balaban J connectivity index is 2.92. The minimum absolute atomic E-state index is 0.115. The topological polar surface area (TPSA) is 93.3 Å². The van der Waals surface area contributed by atoms with E-state index >= 15 is 0 Å². The number of nitro benzene ring substituents is 1. The second-order valence-corrected chi connectivity index (χ2v) is 3.55. The number of nitrogens with zero attached hydrogens (tertiary/aromatic N) is 2. The molecule has 17 heavy (non-hydrogen) atoms. The molecule has 6 nitrogen and oxygen atoms in total. The van der Waals surface area contributed by atoms with Crippen molar-refractivity contribution in [2.24, 2.45) is 0 Å². The summed E-state index contributed by atoms with van der Waals surface area (Å²) in [5.74, 6) is -1.20. The Labute approximate surface area is 95.7 Å². The zero-order valence-electron chi connectivity index (χ0n) is 8.88. The van der Waals surface area contributed by atoms with Gasteiger partial charge >= 0.3 is 5.97 Å². The molecule has 2 aromatic rings. The van der Waals surface area contributed by atoms with E-state index in [1.165, 1.54) is 24.3 Å². The third-order valence-electron chi connectivity index (χ3n) is 2.38. The van der Waals surface area contributed by atoms with E-state index in [0.29, 0.717) is 11.1 Å². The minimum Gasteiger partial charge on any atom is -0.476 e. The number of non-ortho nitro benzene ring substituents is 1. The number of carboxylic acids is 1. The monoisotopic (exact) mass is 232 g/mol. The van der Waals surface area contributed by atoms with E-state index in [-0.39, 0.29) is 16.8 Å². The Morgan fingerprint density at radius 1 is 1.41 bits per heavy atom. The first-order valence-corrected chi connectivity index (χ1v) is 4.79. The van der Waals surface area contributed by atoms with Gasteiger partial charge in [0.1, 0.15) is 0 Å². The fourth-order valence-electron chi connectivity index (χ4n) is 1.71. The van der Waals surface area contributed by atoms with Crippen molar-refractivity contribution in [3.05, 3.63) is 45.8 Å². The van der Waals surface area contributed by atoms with Gasteiger partial charge in [0.25, 0.3) is 5.69 Å². The molecule has 0 atom stereocenters. The maximum absolute atomic E-state index is 11.0. The highest BCUT2D eigenvalue weighted by molar-refractivity contribution is 6.04. The molecule has 0 aliphatic heterocycles. The lowest BCUT2D eigenvalue weighted by Crippen LogP contribution is -2.03. The van der Waals surface area contributed by atoms with E-state index in [9.17, 15) is 14.9 Å². The molecule has 1 aromatic carbocycles. The van der Waals surface area contributed by atoms with Gasteiger partial charge in [0.15, 0.2) is 5.69 Å². The van der Waals surface area contributed by atoms with Crippen molar-refractivity contribution in [3.8, 4) is 0 Å². The number of benzene rings is 1. The molecule has 0 radical (unpaired) electrons. The average Bonchev–Trinajstić information content (AvgIpc) is 2.26. The van der Waals surface area contributed by atoms with Crippen molar-refractivity contribution in [1.29, 1.82) is 0 Å². The van der Waals surface area contributed by atoms with Crippen LogP contribution in [0.5, 0.6) is 0 Å². The first-order valence-electron chi connectivity index (χ1n) is 4.79. The van der Waals surface area contributed by atoms with Gasteiger partial charge in [-0.25, -0.2) is 9.78 Å². The smallest absolute Gasteiger partial charge is 0.355 e. The second kappa shape index (κ2) is 3.82. The molecule has 2 rings (SSSR count). The predicted octanol–water partition coefficient (Wildman–Crippen LogP) is 2.15. The summed E-state index contributed by atoms with van der Waals surface area (Å²) in [6, 6.07) is 5.81. The molecule has 0 aliphatic carbocycles. The lowest BCUT2D eigenvalue weighted by Gasteiger charge is -2.04. The molecule has 0 bridgehead atoms. The van der Waals surface area contributed by atoms with E-state index in [1.807, 2.05) is 0 Å². The fraction of sp³-hybridized carbons (Fsp3) is 0.0909. The van der Waals surface area contributed by atoms with Gasteiger partial charge < -0.3 is 5.11 Å². The summed E-state index contributed by atoms with van der Waals surface area (Å²) in [6.45, 7) is 1.60. The summed E-state index contributed by atoms with van der Waals surface area (Å²) in [4.78, 5) is 25.2. The molecule has 1 N–H and O–H groups in total. The molecule has 0 saturated heterocycles. The van der Waals surface area contributed by atoms with Crippen molar-refractivity contribution in [2.45, 2.75) is 6.92 Å². The number of carboxylic acid groups (broad SMARTS) is 1. The highest BCUT2D eigenvalue weighted by Crippen LogP contribution is 2.27. The average molecular weight is 232 g/mol. The van der Waals surface area contributed by atoms with Gasteiger partial charge in [-0.2, -0.15) is 0 Å². The van der Waals surface area contributed by atoms with Crippen LogP contribution in [-0.2, 0) is 0 Å². The van der Waals surface area contributed by atoms with Crippen molar-refractivity contribution in [1.82, 2.24) is 4.98 Å². The molecule has 0 saturated carbocycles. The zero-order chi connectivity index (χ0) is 12.6. The number of nitro groups is 1. The van der Waals surface area contributed by atoms with E-state index in [2.05, 4.69) is 4.98 Å². The largest absolute Gasteiger partial charge is 0.476 e. The van der Waals surface area contributed by atoms with Gasteiger partial charge in [0, 0.05) is 17.1 Å².